The van der Waals surface area contributed by atoms with Crippen LogP contribution in [0.2, 0.25) is 0 Å². The van der Waals surface area contributed by atoms with E-state index >= 15 is 0 Å². The number of aromatic nitrogens is 1. The molecule has 3 rings (SSSR count). The fraction of sp³-hybridized carbons (Fsp3) is 0.357. The molecule has 1 aliphatic heterocycles. The van der Waals surface area contributed by atoms with Crippen LogP contribution in [-0.2, 0) is 5.75 Å². The van der Waals surface area contributed by atoms with E-state index in [0.717, 1.165) is 17.2 Å². The highest BCUT2D eigenvalue weighted by Crippen LogP contribution is 2.20. The predicted molar refractivity (Wildman–Crippen MR) is 74.3 cm³/mol. The Morgan fingerprint density at radius 1 is 1.29 bits per heavy atom. The molecule has 0 unspecified atom stereocenters. The van der Waals surface area contributed by atoms with Gasteiger partial charge in [0.1, 0.15) is 0 Å². The summed E-state index contributed by atoms with van der Waals surface area (Å²) in [5.74, 6) is 3.28. The van der Waals surface area contributed by atoms with Gasteiger partial charge in [-0.25, -0.2) is 0 Å². The highest BCUT2D eigenvalue weighted by Gasteiger charge is 2.15. The van der Waals surface area contributed by atoms with Gasteiger partial charge in [0.25, 0.3) is 0 Å². The number of fused-ring (bicyclic) bond motifs is 1. The Morgan fingerprint density at radius 2 is 2.24 bits per heavy atom. The monoisotopic (exact) mass is 244 g/mol. The fourth-order valence-electron chi connectivity index (χ4n) is 2.02. The van der Waals surface area contributed by atoms with E-state index in [2.05, 4.69) is 34.6 Å². The van der Waals surface area contributed by atoms with Crippen molar-refractivity contribution in [2.24, 2.45) is 5.92 Å². The summed E-state index contributed by atoms with van der Waals surface area (Å²) in [4.78, 5) is 4.34. The molecule has 88 valence electrons. The Bertz CT molecular complexity index is 508. The molecule has 17 heavy (non-hydrogen) atoms. The molecule has 0 amide bonds. The Kier molecular flexibility index (Phi) is 3.29. The zero-order valence-corrected chi connectivity index (χ0v) is 10.5. The van der Waals surface area contributed by atoms with Crippen LogP contribution >= 0.6 is 11.8 Å². The molecule has 0 saturated carbocycles. The number of hydrogen-bond donors (Lipinski definition) is 1. The standard InChI is InChI=1S/C14H16N2S/c1-2-13-6-11(3-4-14(13)16-5-1)9-17-10-12-7-15-8-12/h1-6,12,15H,7-10H2. The molecule has 3 heteroatoms. The smallest absolute Gasteiger partial charge is 0.0702 e. The first-order chi connectivity index (χ1) is 8.42. The molecule has 1 aromatic carbocycles. The third-order valence-electron chi connectivity index (χ3n) is 3.16. The Hall–Kier alpha value is -1.06. The second kappa shape index (κ2) is 5.07. The molecule has 2 nitrogen and oxygen atoms in total. The van der Waals surface area contributed by atoms with Crippen molar-refractivity contribution in [1.82, 2.24) is 10.3 Å². The maximum Gasteiger partial charge on any atom is 0.0702 e. The Balaban J connectivity index is 1.63. The summed E-state index contributed by atoms with van der Waals surface area (Å²) in [7, 11) is 0. The zero-order chi connectivity index (χ0) is 11.5. The normalized spacial score (nSPS) is 16.0. The second-order valence-corrected chi connectivity index (χ2v) is 5.60. The molecule has 1 N–H and O–H groups in total. The van der Waals surface area contributed by atoms with Gasteiger partial charge in [-0.15, -0.1) is 0 Å². The van der Waals surface area contributed by atoms with Crippen molar-refractivity contribution in [3.63, 3.8) is 0 Å². The van der Waals surface area contributed by atoms with Crippen LogP contribution in [0.25, 0.3) is 10.9 Å². The number of benzene rings is 1. The van der Waals surface area contributed by atoms with Crippen molar-refractivity contribution in [2.75, 3.05) is 18.8 Å². The van der Waals surface area contributed by atoms with Crippen LogP contribution in [0.4, 0.5) is 0 Å². The lowest BCUT2D eigenvalue weighted by Gasteiger charge is -2.26. The van der Waals surface area contributed by atoms with Gasteiger partial charge in [-0.05, 0) is 48.5 Å². The molecule has 0 radical (unpaired) electrons. The zero-order valence-electron chi connectivity index (χ0n) is 9.73. The summed E-state index contributed by atoms with van der Waals surface area (Å²) >= 11 is 2.04. The first-order valence-electron chi connectivity index (χ1n) is 6.04. The fourth-order valence-corrected chi connectivity index (χ4v) is 3.13. The molecule has 0 atom stereocenters. The van der Waals surface area contributed by atoms with Gasteiger partial charge >= 0.3 is 0 Å². The molecule has 2 heterocycles. The van der Waals surface area contributed by atoms with Crippen LogP contribution in [0.1, 0.15) is 5.56 Å². The van der Waals surface area contributed by atoms with Gasteiger partial charge in [0, 0.05) is 17.3 Å². The molecule has 0 bridgehead atoms. The van der Waals surface area contributed by atoms with Gasteiger partial charge in [-0.2, -0.15) is 11.8 Å². The number of thioether (sulfide) groups is 1. The van der Waals surface area contributed by atoms with E-state index in [0.29, 0.717) is 0 Å². The minimum atomic E-state index is 0.891. The lowest BCUT2D eigenvalue weighted by Crippen LogP contribution is -2.43. The molecular formula is C14H16N2S. The Morgan fingerprint density at radius 3 is 3.06 bits per heavy atom. The number of hydrogen-bond acceptors (Lipinski definition) is 3. The molecule has 0 spiro atoms. The summed E-state index contributed by atoms with van der Waals surface area (Å²) in [5.41, 5.74) is 2.49. The van der Waals surface area contributed by atoms with Crippen LogP contribution in [0.15, 0.2) is 36.5 Å². The van der Waals surface area contributed by atoms with Crippen LogP contribution < -0.4 is 5.32 Å². The van der Waals surface area contributed by atoms with Crippen molar-refractivity contribution < 1.29 is 0 Å². The lowest BCUT2D eigenvalue weighted by atomic mass is 10.1. The van der Waals surface area contributed by atoms with Gasteiger partial charge < -0.3 is 5.32 Å². The highest BCUT2D eigenvalue weighted by molar-refractivity contribution is 7.98. The number of nitrogens with zero attached hydrogens (tertiary/aromatic N) is 1. The first-order valence-corrected chi connectivity index (χ1v) is 7.19. The minimum Gasteiger partial charge on any atom is -0.316 e. The third kappa shape index (κ3) is 2.61. The number of nitrogens with one attached hydrogen (secondary N) is 1. The molecule has 1 saturated heterocycles. The summed E-state index contributed by atoms with van der Waals surface area (Å²) in [6.07, 6.45) is 1.85. The summed E-state index contributed by atoms with van der Waals surface area (Å²) in [5, 5.41) is 4.56. The molecule has 0 aliphatic carbocycles. The van der Waals surface area contributed by atoms with Gasteiger partial charge in [-0.3, -0.25) is 4.98 Å². The van der Waals surface area contributed by atoms with Gasteiger partial charge in [0.15, 0.2) is 0 Å². The second-order valence-electron chi connectivity index (χ2n) is 4.57. The number of rotatable bonds is 4. The SMILES string of the molecule is c1cnc2ccc(CSCC3CNC3)cc2c1. The van der Waals surface area contributed by atoms with E-state index in [1.165, 1.54) is 29.8 Å². The quantitative estimate of drug-likeness (QED) is 0.895. The summed E-state index contributed by atoms with van der Waals surface area (Å²) < 4.78 is 0. The van der Waals surface area contributed by atoms with Crippen LogP contribution in [0, 0.1) is 5.92 Å². The predicted octanol–water partition coefficient (Wildman–Crippen LogP) is 2.69. The van der Waals surface area contributed by atoms with E-state index in [1.807, 2.05) is 24.0 Å². The summed E-state index contributed by atoms with van der Waals surface area (Å²) in [6, 6.07) is 10.7. The average Bonchev–Trinajstić information content (AvgIpc) is 2.32. The van der Waals surface area contributed by atoms with Crippen molar-refractivity contribution >= 4 is 22.7 Å². The van der Waals surface area contributed by atoms with Crippen molar-refractivity contribution in [2.45, 2.75) is 5.75 Å². The lowest BCUT2D eigenvalue weighted by molar-refractivity contribution is 0.385. The van der Waals surface area contributed by atoms with Crippen molar-refractivity contribution in [1.29, 1.82) is 0 Å². The van der Waals surface area contributed by atoms with Crippen molar-refractivity contribution in [3.05, 3.63) is 42.1 Å². The minimum absolute atomic E-state index is 0.891. The highest BCUT2D eigenvalue weighted by atomic mass is 32.2. The van der Waals surface area contributed by atoms with E-state index in [4.69, 9.17) is 0 Å². The van der Waals surface area contributed by atoms with E-state index in [-0.39, 0.29) is 0 Å². The van der Waals surface area contributed by atoms with Crippen LogP contribution in [-0.4, -0.2) is 23.8 Å². The largest absolute Gasteiger partial charge is 0.316 e. The Labute approximate surface area is 106 Å². The molecule has 1 aliphatic rings. The van der Waals surface area contributed by atoms with E-state index < -0.39 is 0 Å². The van der Waals surface area contributed by atoms with Crippen LogP contribution in [0.5, 0.6) is 0 Å². The summed E-state index contributed by atoms with van der Waals surface area (Å²) in [6.45, 7) is 2.41. The molecule has 2 aromatic rings. The molecular weight excluding hydrogens is 228 g/mol. The molecule has 1 fully saturated rings. The molecule has 1 aromatic heterocycles. The average molecular weight is 244 g/mol. The van der Waals surface area contributed by atoms with Crippen molar-refractivity contribution in [3.8, 4) is 0 Å². The van der Waals surface area contributed by atoms with Crippen LogP contribution in [0.3, 0.4) is 0 Å². The third-order valence-corrected chi connectivity index (χ3v) is 4.40. The van der Waals surface area contributed by atoms with E-state index in [1.54, 1.807) is 0 Å². The van der Waals surface area contributed by atoms with Gasteiger partial charge in [0.05, 0.1) is 5.52 Å². The van der Waals surface area contributed by atoms with Gasteiger partial charge in [-0.1, -0.05) is 12.1 Å². The number of pyridine rings is 1. The van der Waals surface area contributed by atoms with Gasteiger partial charge in [0.2, 0.25) is 0 Å². The topological polar surface area (TPSA) is 24.9 Å². The first kappa shape index (κ1) is 11.1. The van der Waals surface area contributed by atoms with E-state index in [9.17, 15) is 0 Å². The maximum absolute atomic E-state index is 4.34. The maximum atomic E-state index is 4.34.